The molecular weight excluding hydrogens is 396 g/mol. The summed E-state index contributed by atoms with van der Waals surface area (Å²) < 4.78 is 5.00. The van der Waals surface area contributed by atoms with Crippen LogP contribution in [0.15, 0.2) is 30.3 Å². The number of hydrogen-bond acceptors (Lipinski definition) is 3. The van der Waals surface area contributed by atoms with Crippen LogP contribution in [0, 0.1) is 6.42 Å². The molecular formula is C14H15BrNO3Rb. The molecule has 2 atom stereocenters. The zero-order valence-corrected chi connectivity index (χ0v) is 18.1. The van der Waals surface area contributed by atoms with Crippen LogP contribution in [0.3, 0.4) is 0 Å². The number of imide groups is 1. The third kappa shape index (κ3) is 4.47. The number of carbonyl (C=O) groups is 2. The van der Waals surface area contributed by atoms with E-state index < -0.39 is 10.9 Å². The first-order chi connectivity index (χ1) is 9.13. The molecule has 0 N–H and O–H groups in total. The molecule has 1 aliphatic rings. The first-order valence-corrected chi connectivity index (χ1v) is 7.02. The normalized spacial score (nSPS) is 19.2. The van der Waals surface area contributed by atoms with Crippen LogP contribution in [-0.4, -0.2) is 34.4 Å². The topological polar surface area (TPSA) is 46.6 Å². The predicted octanol–water partition coefficient (Wildman–Crippen LogP) is -0.432. The second-order valence-corrected chi connectivity index (χ2v) is 5.35. The molecule has 1 aromatic carbocycles. The molecule has 6 heteroatoms. The molecule has 1 aliphatic heterocycles. The fraction of sp³-hybridized carbons (Fsp3) is 0.357. The number of nitrogens with zero attached hydrogens (tertiary/aromatic N) is 1. The summed E-state index contributed by atoms with van der Waals surface area (Å²) in [6.45, 7) is 2.02. The van der Waals surface area contributed by atoms with Gasteiger partial charge in [-0.25, -0.2) is 9.69 Å². The Balaban J connectivity index is 0.00000200. The minimum atomic E-state index is -0.558. The smallest absolute Gasteiger partial charge is 0.447 e. The van der Waals surface area contributed by atoms with Gasteiger partial charge in [-0.15, -0.1) is 15.9 Å². The number of benzene rings is 1. The first kappa shape index (κ1) is 18.5. The summed E-state index contributed by atoms with van der Waals surface area (Å²) in [5.74, 6) is -0.272. The van der Waals surface area contributed by atoms with Crippen molar-refractivity contribution in [1.82, 2.24) is 4.90 Å². The molecule has 102 valence electrons. The predicted molar refractivity (Wildman–Crippen MR) is 74.8 cm³/mol. The van der Waals surface area contributed by atoms with Crippen molar-refractivity contribution in [2.24, 2.45) is 0 Å². The van der Waals surface area contributed by atoms with Crippen molar-refractivity contribution in [3.8, 4) is 0 Å². The number of ether oxygens (including phenoxy) is 1. The minimum absolute atomic E-state index is 0. The Hall–Kier alpha value is 0.445. The fourth-order valence-electron chi connectivity index (χ4n) is 2.04. The Morgan fingerprint density at radius 3 is 2.75 bits per heavy atom. The van der Waals surface area contributed by atoms with Crippen molar-refractivity contribution in [2.75, 3.05) is 6.61 Å². The quantitative estimate of drug-likeness (QED) is 0.500. The molecule has 20 heavy (non-hydrogen) atoms. The molecule has 1 heterocycles. The van der Waals surface area contributed by atoms with Gasteiger partial charge in [0.2, 0.25) is 5.91 Å². The molecule has 1 saturated heterocycles. The van der Waals surface area contributed by atoms with Crippen LogP contribution in [0.5, 0.6) is 0 Å². The van der Waals surface area contributed by atoms with Gasteiger partial charge in [0.15, 0.2) is 0 Å². The molecule has 1 fully saturated rings. The zero-order valence-electron chi connectivity index (χ0n) is 11.6. The number of cyclic esters (lactones) is 1. The average Bonchev–Trinajstić information content (AvgIpc) is 2.79. The third-order valence-electron chi connectivity index (χ3n) is 3.04. The Kier molecular flexibility index (Phi) is 8.12. The molecule has 1 aromatic rings. The van der Waals surface area contributed by atoms with Crippen LogP contribution in [-0.2, 0) is 16.0 Å². The molecule has 4 nitrogen and oxygen atoms in total. The van der Waals surface area contributed by atoms with Crippen LogP contribution < -0.4 is 58.2 Å². The van der Waals surface area contributed by atoms with Crippen LogP contribution in [0.2, 0.25) is 0 Å². The summed E-state index contributed by atoms with van der Waals surface area (Å²) in [6, 6.07) is 9.52. The van der Waals surface area contributed by atoms with Crippen LogP contribution >= 0.6 is 15.9 Å². The Labute approximate surface area is 176 Å². The minimum Gasteiger partial charge on any atom is -0.447 e. The number of carbonyl (C=O) groups excluding carboxylic acids is 2. The van der Waals surface area contributed by atoms with Crippen LogP contribution in [0.1, 0.15) is 12.5 Å². The van der Waals surface area contributed by atoms with Gasteiger partial charge in [-0.05, 0) is 16.8 Å². The van der Waals surface area contributed by atoms with Gasteiger partial charge in [-0.2, -0.15) is 6.92 Å². The van der Waals surface area contributed by atoms with Crippen molar-refractivity contribution < 1.29 is 72.5 Å². The largest absolute Gasteiger partial charge is 1.00 e. The van der Waals surface area contributed by atoms with Gasteiger partial charge in [0.1, 0.15) is 6.61 Å². The van der Waals surface area contributed by atoms with Crippen molar-refractivity contribution in [1.29, 1.82) is 0 Å². The molecule has 2 amide bonds. The van der Waals surface area contributed by atoms with Gasteiger partial charge in [0.25, 0.3) is 0 Å². The number of halogens is 1. The van der Waals surface area contributed by atoms with E-state index in [4.69, 9.17) is 4.74 Å². The van der Waals surface area contributed by atoms with E-state index >= 15 is 0 Å². The molecule has 2 rings (SSSR count). The summed E-state index contributed by atoms with van der Waals surface area (Å²) in [4.78, 5) is 24.6. The molecule has 0 radical (unpaired) electrons. The van der Waals surface area contributed by atoms with Gasteiger partial charge in [0.05, 0.1) is 6.04 Å². The second kappa shape index (κ2) is 8.78. The van der Waals surface area contributed by atoms with Gasteiger partial charge in [0, 0.05) is 0 Å². The summed E-state index contributed by atoms with van der Waals surface area (Å²) in [6.07, 6.45) is 1.76. The van der Waals surface area contributed by atoms with Crippen LogP contribution in [0.4, 0.5) is 4.79 Å². The van der Waals surface area contributed by atoms with E-state index in [0.717, 1.165) is 5.56 Å². The van der Waals surface area contributed by atoms with Crippen molar-refractivity contribution in [2.45, 2.75) is 24.2 Å². The maximum Gasteiger partial charge on any atom is 1.00 e. The molecule has 0 aromatic heterocycles. The summed E-state index contributed by atoms with van der Waals surface area (Å²) >= 11 is 3.24. The van der Waals surface area contributed by atoms with Crippen molar-refractivity contribution >= 4 is 27.9 Å². The number of rotatable bonds is 4. The molecule has 0 aliphatic carbocycles. The van der Waals surface area contributed by atoms with Gasteiger partial charge >= 0.3 is 64.3 Å². The molecule has 0 saturated carbocycles. The van der Waals surface area contributed by atoms with Crippen LogP contribution in [0.25, 0.3) is 0 Å². The average molecular weight is 411 g/mol. The summed E-state index contributed by atoms with van der Waals surface area (Å²) in [7, 11) is 0. The SMILES string of the molecule is C[CH-][C@@H](Br)C(=O)N1C(=O)OC[C@H]1Cc1ccccc1.[Rb+]. The number of alkyl halides is 1. The maximum absolute atomic E-state index is 12.1. The van der Waals surface area contributed by atoms with Gasteiger partial charge < -0.3 is 11.2 Å². The molecule has 0 unspecified atom stereocenters. The summed E-state index contributed by atoms with van der Waals surface area (Å²) in [5, 5.41) is 0. The Morgan fingerprint density at radius 1 is 1.50 bits per heavy atom. The molecule has 0 spiro atoms. The second-order valence-electron chi connectivity index (χ2n) is 4.36. The number of amides is 2. The van der Waals surface area contributed by atoms with Gasteiger partial charge in [-0.3, -0.25) is 4.79 Å². The fourth-order valence-corrected chi connectivity index (χ4v) is 2.26. The van der Waals surface area contributed by atoms with Crippen molar-refractivity contribution in [3.63, 3.8) is 0 Å². The van der Waals surface area contributed by atoms with E-state index in [-0.39, 0.29) is 76.7 Å². The Bertz CT molecular complexity index is 469. The van der Waals surface area contributed by atoms with E-state index in [1.807, 2.05) is 30.3 Å². The van der Waals surface area contributed by atoms with E-state index in [0.29, 0.717) is 6.42 Å². The third-order valence-corrected chi connectivity index (χ3v) is 3.96. The first-order valence-electron chi connectivity index (χ1n) is 6.10. The molecule has 0 bridgehead atoms. The van der Waals surface area contributed by atoms with E-state index in [1.54, 1.807) is 13.3 Å². The summed E-state index contributed by atoms with van der Waals surface area (Å²) in [5.41, 5.74) is 1.08. The van der Waals surface area contributed by atoms with Gasteiger partial charge in [-0.1, -0.05) is 30.3 Å². The van der Waals surface area contributed by atoms with E-state index in [2.05, 4.69) is 15.9 Å². The maximum atomic E-state index is 12.1. The monoisotopic (exact) mass is 409 g/mol. The standard InChI is InChI=1S/C14H15BrNO3.Rb/c1-2-12(15)13(17)16-11(9-19-14(16)18)8-10-6-4-3-5-7-10;/h2-7,11-12H,8-9H2,1H3;/q-1;+1/t11-,12-;/m1./s1. The van der Waals surface area contributed by atoms with E-state index in [1.165, 1.54) is 4.90 Å². The van der Waals surface area contributed by atoms with Crippen molar-refractivity contribution in [3.05, 3.63) is 42.3 Å². The van der Waals surface area contributed by atoms with E-state index in [9.17, 15) is 9.59 Å². The number of hydrogen-bond donors (Lipinski definition) is 0. The zero-order chi connectivity index (χ0) is 13.8. The Morgan fingerprint density at radius 2 is 2.15 bits per heavy atom.